The Morgan fingerprint density at radius 2 is 0.900 bits per heavy atom. The summed E-state index contributed by atoms with van der Waals surface area (Å²) in [6.45, 7) is 0. The monoisotopic (exact) mass is 308 g/mol. The van der Waals surface area contributed by atoms with E-state index in [1.807, 2.05) is 0 Å². The van der Waals surface area contributed by atoms with Crippen LogP contribution in [-0.4, -0.2) is 0 Å². The summed E-state index contributed by atoms with van der Waals surface area (Å²) in [5.74, 6) is 0. The average molecular weight is 309 g/mol. The van der Waals surface area contributed by atoms with Crippen LogP contribution in [0.5, 0.6) is 0 Å². The molecule has 0 aromatic heterocycles. The molecule has 0 N–H and O–H groups in total. The maximum Gasteiger partial charge on any atom is 1.00 e. The summed E-state index contributed by atoms with van der Waals surface area (Å²) in [6, 6.07) is 29.3. The van der Waals surface area contributed by atoms with Gasteiger partial charge in [-0.2, -0.15) is 35.0 Å². The molecule has 0 aliphatic rings. The van der Waals surface area contributed by atoms with E-state index in [0.717, 1.165) is 0 Å². The van der Waals surface area contributed by atoms with Gasteiger partial charge in [-0.3, -0.25) is 0 Å². The Morgan fingerprint density at radius 1 is 0.500 bits per heavy atom. The maximum atomic E-state index is 2.12. The summed E-state index contributed by atoms with van der Waals surface area (Å²) in [5.41, 5.74) is 0. The Labute approximate surface area is 205 Å². The summed E-state index contributed by atoms with van der Waals surface area (Å²) in [5, 5.41) is 5.32. The standard InChI is InChI=1S/2C9H7.2K/c2*1-2-5-9-7-3-6-8(9)4-1;;/h2*1-7H;;/q2*-1;2*+1. The Balaban J connectivity index is 0.000000182. The van der Waals surface area contributed by atoms with Crippen molar-refractivity contribution >= 4 is 21.5 Å². The first kappa shape index (κ1) is 19.0. The predicted molar refractivity (Wildman–Crippen MR) is 79.1 cm³/mol. The summed E-state index contributed by atoms with van der Waals surface area (Å²) in [4.78, 5) is 0. The second-order valence-electron chi connectivity index (χ2n) is 4.31. The van der Waals surface area contributed by atoms with Gasteiger partial charge in [0.2, 0.25) is 0 Å². The first-order chi connectivity index (χ1) is 8.93. The Morgan fingerprint density at radius 3 is 1.30 bits per heavy atom. The summed E-state index contributed by atoms with van der Waals surface area (Å²) >= 11 is 0. The molecule has 4 rings (SSSR count). The molecule has 0 saturated heterocycles. The van der Waals surface area contributed by atoms with Crippen molar-refractivity contribution in [2.24, 2.45) is 0 Å². The molecule has 0 bridgehead atoms. The van der Waals surface area contributed by atoms with E-state index >= 15 is 0 Å². The molecule has 88 valence electrons. The van der Waals surface area contributed by atoms with Gasteiger partial charge in [0.25, 0.3) is 0 Å². The fourth-order valence-corrected chi connectivity index (χ4v) is 2.14. The normalized spacial score (nSPS) is 9.20. The van der Waals surface area contributed by atoms with Gasteiger partial charge in [0.1, 0.15) is 0 Å². The van der Waals surface area contributed by atoms with Gasteiger partial charge in [-0.05, 0) is 0 Å². The van der Waals surface area contributed by atoms with Gasteiger partial charge in [0.15, 0.2) is 0 Å². The second-order valence-corrected chi connectivity index (χ2v) is 4.31. The van der Waals surface area contributed by atoms with Crippen LogP contribution in [-0.2, 0) is 0 Å². The van der Waals surface area contributed by atoms with Crippen molar-refractivity contribution < 1.29 is 103 Å². The van der Waals surface area contributed by atoms with E-state index in [2.05, 4.69) is 84.9 Å². The summed E-state index contributed by atoms with van der Waals surface area (Å²) in [6.07, 6.45) is 0. The van der Waals surface area contributed by atoms with E-state index in [4.69, 9.17) is 0 Å². The summed E-state index contributed by atoms with van der Waals surface area (Å²) < 4.78 is 0. The van der Waals surface area contributed by atoms with Crippen LogP contribution < -0.4 is 103 Å². The third kappa shape index (κ3) is 4.99. The smallest absolute Gasteiger partial charge is 0.168 e. The molecule has 0 fully saturated rings. The van der Waals surface area contributed by atoms with E-state index in [9.17, 15) is 0 Å². The van der Waals surface area contributed by atoms with Gasteiger partial charge in [0.05, 0.1) is 0 Å². The average Bonchev–Trinajstić information content (AvgIpc) is 3.08. The third-order valence-corrected chi connectivity index (χ3v) is 3.10. The van der Waals surface area contributed by atoms with Gasteiger partial charge in [-0.1, -0.05) is 12.1 Å². The fourth-order valence-electron chi connectivity index (χ4n) is 2.14. The SMILES string of the molecule is [K+].[K+].c1ccc2[cH-]ccc2c1.c1ccc2[cH-]ccc2c1. The zero-order valence-corrected chi connectivity index (χ0v) is 18.3. The molecule has 0 nitrogen and oxygen atoms in total. The van der Waals surface area contributed by atoms with E-state index in [0.29, 0.717) is 0 Å². The molecule has 0 aliphatic heterocycles. The van der Waals surface area contributed by atoms with E-state index in [1.165, 1.54) is 21.5 Å². The molecule has 0 saturated carbocycles. The van der Waals surface area contributed by atoms with Gasteiger partial charge in [-0.15, -0.1) is 59.3 Å². The van der Waals surface area contributed by atoms with Gasteiger partial charge < -0.3 is 0 Å². The minimum atomic E-state index is 0. The molecular formula is C18H14K2. The van der Waals surface area contributed by atoms with E-state index in [1.54, 1.807) is 0 Å². The number of benzene rings is 2. The molecule has 0 heterocycles. The largest absolute Gasteiger partial charge is 1.00 e. The molecule has 4 aromatic carbocycles. The first-order valence-corrected chi connectivity index (χ1v) is 6.14. The molecule has 0 amide bonds. The third-order valence-electron chi connectivity index (χ3n) is 3.10. The van der Waals surface area contributed by atoms with E-state index < -0.39 is 0 Å². The molecule has 20 heavy (non-hydrogen) atoms. The molecule has 0 atom stereocenters. The van der Waals surface area contributed by atoms with Gasteiger partial charge in [0, 0.05) is 0 Å². The Bertz CT molecular complexity index is 623. The van der Waals surface area contributed by atoms with Gasteiger partial charge >= 0.3 is 103 Å². The van der Waals surface area contributed by atoms with E-state index in [-0.39, 0.29) is 103 Å². The zero-order chi connectivity index (χ0) is 12.2. The minimum absolute atomic E-state index is 0. The topological polar surface area (TPSA) is 0 Å². The predicted octanol–water partition coefficient (Wildman–Crippen LogP) is -0.875. The number of fused-ring (bicyclic) bond motifs is 2. The Hall–Kier alpha value is 0.933. The van der Waals surface area contributed by atoms with Crippen molar-refractivity contribution in [3.63, 3.8) is 0 Å². The molecule has 0 spiro atoms. The fraction of sp³-hybridized carbons (Fsp3) is 0. The quantitative estimate of drug-likeness (QED) is 0.293. The number of hydrogen-bond donors (Lipinski definition) is 0. The van der Waals surface area contributed by atoms with Crippen molar-refractivity contribution in [2.45, 2.75) is 0 Å². The Kier molecular flexibility index (Phi) is 9.35. The molecular weight excluding hydrogens is 294 g/mol. The van der Waals surface area contributed by atoms with Crippen molar-refractivity contribution in [3.05, 3.63) is 84.9 Å². The molecule has 0 aliphatic carbocycles. The van der Waals surface area contributed by atoms with Crippen molar-refractivity contribution in [1.82, 2.24) is 0 Å². The minimum Gasteiger partial charge on any atom is -0.168 e. The van der Waals surface area contributed by atoms with Crippen LogP contribution in [0.25, 0.3) is 21.5 Å². The second kappa shape index (κ2) is 9.85. The summed E-state index contributed by atoms with van der Waals surface area (Å²) in [7, 11) is 0. The van der Waals surface area contributed by atoms with Crippen molar-refractivity contribution in [1.29, 1.82) is 0 Å². The molecule has 2 heteroatoms. The number of rotatable bonds is 0. The molecule has 0 radical (unpaired) electrons. The van der Waals surface area contributed by atoms with Crippen LogP contribution in [0, 0.1) is 0 Å². The molecule has 0 unspecified atom stereocenters. The first-order valence-electron chi connectivity index (χ1n) is 6.14. The van der Waals surface area contributed by atoms with Gasteiger partial charge in [-0.25, -0.2) is 0 Å². The van der Waals surface area contributed by atoms with Crippen molar-refractivity contribution in [2.75, 3.05) is 0 Å². The van der Waals surface area contributed by atoms with Crippen LogP contribution in [0.1, 0.15) is 0 Å². The van der Waals surface area contributed by atoms with Crippen LogP contribution in [0.2, 0.25) is 0 Å². The van der Waals surface area contributed by atoms with Crippen molar-refractivity contribution in [3.8, 4) is 0 Å². The van der Waals surface area contributed by atoms with Crippen LogP contribution in [0.3, 0.4) is 0 Å². The maximum absolute atomic E-state index is 2.12. The molecule has 4 aromatic rings. The van der Waals surface area contributed by atoms with Crippen LogP contribution >= 0.6 is 0 Å². The number of hydrogen-bond acceptors (Lipinski definition) is 0. The zero-order valence-electron chi connectivity index (χ0n) is 12.1. The van der Waals surface area contributed by atoms with Crippen LogP contribution in [0.4, 0.5) is 0 Å². The van der Waals surface area contributed by atoms with Crippen LogP contribution in [0.15, 0.2) is 84.9 Å².